The third kappa shape index (κ3) is 32.2. The van der Waals surface area contributed by atoms with Crippen LogP contribution in [0.15, 0.2) is 58.6 Å². The van der Waals surface area contributed by atoms with Crippen LogP contribution >= 0.6 is 23.5 Å². The number of likely N-dealkylation sites (tertiary alicyclic amines) is 1. The number of benzene rings is 2. The number of hydrogen-bond donors (Lipinski definition) is 20. The van der Waals surface area contributed by atoms with Crippen LogP contribution in [0.2, 0.25) is 0 Å². The maximum atomic E-state index is 15.0. The molecule has 2 aromatic heterocycles. The normalized spacial score (nSPS) is 24.4. The van der Waals surface area contributed by atoms with Gasteiger partial charge in [-0.05, 0) is 47.9 Å². The average molecular weight is 2000 g/mol. The van der Waals surface area contributed by atoms with Crippen molar-refractivity contribution in [1.82, 2.24) is 83.6 Å². The van der Waals surface area contributed by atoms with Crippen LogP contribution in [0, 0.1) is 29.6 Å². The third-order valence-corrected chi connectivity index (χ3v) is 26.0. The molecule has 0 aliphatic carbocycles. The molecule has 9 rings (SSSR count). The number of carbonyl (C=O) groups excluding carboxylic acids is 21. The molecule has 5 aliphatic heterocycles. The molecular formula is C87H120KN19O29S2. The van der Waals surface area contributed by atoms with Gasteiger partial charge in [0.05, 0.1) is 73.4 Å². The number of aliphatic carboxylic acids is 1. The number of amides is 16. The topological polar surface area (TPSA) is 734 Å². The molecule has 51 heteroatoms. The van der Waals surface area contributed by atoms with E-state index in [4.69, 9.17) is 36.1 Å². The second-order valence-corrected chi connectivity index (χ2v) is 36.2. The molecule has 20 atom stereocenters. The molecule has 48 nitrogen and oxygen atoms in total. The monoisotopic (exact) mass is 2000 g/mol. The molecule has 0 spiro atoms. The molecule has 2 aromatic carbocycles. The van der Waals surface area contributed by atoms with E-state index in [1.54, 1.807) is 76.2 Å². The number of primary amides is 2. The number of aliphatic hydroxyl groups is 2. The fraction of sp³-hybridized carbons (Fsp3) is 0.563. The van der Waals surface area contributed by atoms with Crippen molar-refractivity contribution in [1.29, 1.82) is 0 Å². The predicted molar refractivity (Wildman–Crippen MR) is 484 cm³/mol. The Morgan fingerprint density at radius 1 is 0.543 bits per heavy atom. The largest absolute Gasteiger partial charge is 1.00 e. The number of aromatic nitrogens is 2. The van der Waals surface area contributed by atoms with Crippen LogP contribution < -0.4 is 132 Å². The molecule has 2 bridgehead atoms. The number of aromatic amines is 2. The van der Waals surface area contributed by atoms with Gasteiger partial charge in [0.25, 0.3) is 0 Å². The Balaban J connectivity index is 0.000000420. The summed E-state index contributed by atoms with van der Waals surface area (Å²) in [5.41, 5.74) is 19.7. The van der Waals surface area contributed by atoms with Crippen molar-refractivity contribution in [2.24, 2.45) is 46.8 Å². The minimum atomic E-state index is -1.82. The number of aliphatic hydroxyl groups excluding tert-OH is 2. The number of H-pyrrole nitrogens is 2. The van der Waals surface area contributed by atoms with Gasteiger partial charge < -0.3 is 136 Å². The number of carboxylic acid groups (broad SMARTS) is 1. The zero-order valence-electron chi connectivity index (χ0n) is 79.0. The van der Waals surface area contributed by atoms with Crippen LogP contribution in [0.5, 0.6) is 0 Å². The predicted octanol–water partition coefficient (Wildman–Crippen LogP) is -8.88. The molecule has 2 fully saturated rings. The number of ether oxygens (including phenoxy) is 4. The maximum Gasteiger partial charge on any atom is 1.00 e. The molecule has 23 N–H and O–H groups in total. The number of nitrogens with two attached hydrogens (primary N) is 3. The van der Waals surface area contributed by atoms with Crippen LogP contribution in [0.25, 0.3) is 21.8 Å². The van der Waals surface area contributed by atoms with Crippen LogP contribution in [0.4, 0.5) is 0 Å². The second kappa shape index (κ2) is 52.9. The number of fused-ring (bicyclic) bond motifs is 8. The summed E-state index contributed by atoms with van der Waals surface area (Å²) in [5.74, 6) is -25.2. The van der Waals surface area contributed by atoms with Gasteiger partial charge in [-0.1, -0.05) is 90.8 Å². The number of carboxylic acids is 1. The summed E-state index contributed by atoms with van der Waals surface area (Å²) >= 11 is 2.06. The first-order valence-electron chi connectivity index (χ1n) is 44.3. The minimum absolute atomic E-state index is 0. The molecular weight excluding hydrogens is 1880 g/mol. The van der Waals surface area contributed by atoms with Crippen molar-refractivity contribution in [2.75, 3.05) is 64.0 Å². The van der Waals surface area contributed by atoms with Gasteiger partial charge in [0.1, 0.15) is 79.8 Å². The van der Waals surface area contributed by atoms with Crippen LogP contribution in [0.3, 0.4) is 0 Å². The summed E-state index contributed by atoms with van der Waals surface area (Å²) in [6, 6.07) is -2.63. The summed E-state index contributed by atoms with van der Waals surface area (Å²) in [6.07, 6.45) is -7.83. The number of carbonyl (C=O) groups is 22. The quantitative estimate of drug-likeness (QED) is 0.0176. The van der Waals surface area contributed by atoms with E-state index in [1.165, 1.54) is 13.8 Å². The second-order valence-electron chi connectivity index (χ2n) is 34.1. The van der Waals surface area contributed by atoms with Gasteiger partial charge in [0, 0.05) is 111 Å². The number of rotatable bonds is 24. The van der Waals surface area contributed by atoms with Crippen LogP contribution in [0.1, 0.15) is 127 Å². The van der Waals surface area contributed by atoms with Crippen molar-refractivity contribution in [2.45, 2.75) is 228 Å². The number of thioether (sulfide) groups is 2. The van der Waals surface area contributed by atoms with E-state index in [1.807, 2.05) is 0 Å². The Hall–Kier alpha value is -11.7. The summed E-state index contributed by atoms with van der Waals surface area (Å²) in [6.45, 7) is 9.38. The maximum absolute atomic E-state index is 15.0. The van der Waals surface area contributed by atoms with Crippen molar-refractivity contribution in [3.8, 4) is 0 Å². The number of β-amino-alcohol motifs (C(OH)–C–C–N with tert-alkyl or cyclic N) is 1. The Morgan fingerprint density at radius 2 is 1.04 bits per heavy atom. The standard InChI is InChI=1S/C44H59N9O14S.C43H60N10O15S.K.H/c1-6-20(2)37-42(64)47-15-35(59)48-30-19-68-43-27(26-9-7-8-10-28(26)50-43)11-24(39(61)46-16-36(60)51-37)12-32(57)38(21(3)33(67-23(5)55)18-66-22(4)54)52-41(63)31-13-25(56)17-53(31)44(65)29(14-34(45)58)49-40(30)62;1-6-19(2)35-40(63)47-14-33(58)48-29(18-69-41-25(24-9-7-8-10-27(24)50-41)12-26(44)37(60)46-15-34(59)51-35)38(61)49-28(13-32(45)57)42(64)53-16-23(56)11-30(53)39(62)52-36(43(65)66)20(3)31(68-22(5)55)17-67-21(4)54;;/h7-10,20-21,24-25,29-31,33,37-38,50,56H,6,11-19H2,1-5H3,(H2,45,58)(H,46,61)(H,47,64)(H,48,59)(H,49,62)(H,51,60)(H,52,63);7-10,19-20,23,26,28-31,35-36,50,56H,6,11-18,44H2,1-5H3,(H2,45,57)(H,46,60)(H,47,63)(H,48,58)(H,49,61)(H,51,59)(H,52,62)(H,65,66);;/q;;+1;-1/t20-,21-,24?,25?,29?,30?,31-,33-,37-,38-;19-,20-,23?,26?,28?,29?,30-,31-,35-,36-;;/m00../s1. The number of nitrogens with zero attached hydrogens (tertiary/aromatic N) is 2. The Labute approximate surface area is 843 Å². The first-order valence-corrected chi connectivity index (χ1v) is 46.2. The van der Waals surface area contributed by atoms with Gasteiger partial charge in [0.2, 0.25) is 94.5 Å². The molecule has 0 radical (unpaired) electrons. The van der Waals surface area contributed by atoms with E-state index in [-0.39, 0.29) is 83.6 Å². The van der Waals surface area contributed by atoms with Gasteiger partial charge in [-0.3, -0.25) is 101 Å². The summed E-state index contributed by atoms with van der Waals surface area (Å²) < 4.78 is 20.8. The van der Waals surface area contributed by atoms with E-state index in [9.17, 15) is 121 Å². The average Bonchev–Trinajstić information content (AvgIpc) is 1.67. The molecule has 750 valence electrons. The number of hydrogen-bond acceptors (Lipinski definition) is 31. The Morgan fingerprint density at radius 3 is 1.56 bits per heavy atom. The number of ketones is 1. The van der Waals surface area contributed by atoms with Gasteiger partial charge in [-0.15, -0.1) is 23.5 Å². The molecule has 0 saturated carbocycles. The smallest absolute Gasteiger partial charge is 1.00 e. The van der Waals surface area contributed by atoms with E-state index < -0.39 is 329 Å². The molecule has 2 saturated heterocycles. The summed E-state index contributed by atoms with van der Waals surface area (Å²) in [7, 11) is 0. The summed E-state index contributed by atoms with van der Waals surface area (Å²) in [5, 5.41) is 63.9. The minimum Gasteiger partial charge on any atom is -1.00 e. The molecule has 7 heterocycles. The van der Waals surface area contributed by atoms with Crippen molar-refractivity contribution >= 4 is 175 Å². The van der Waals surface area contributed by atoms with Crippen molar-refractivity contribution in [3.05, 3.63) is 59.7 Å². The van der Waals surface area contributed by atoms with Crippen molar-refractivity contribution in [3.63, 3.8) is 0 Å². The zero-order chi connectivity index (χ0) is 101. The molecule has 5 aliphatic rings. The molecule has 16 amide bonds. The fourth-order valence-electron chi connectivity index (χ4n) is 16.0. The Bertz CT molecular complexity index is 5240. The number of para-hydroxylation sites is 2. The summed E-state index contributed by atoms with van der Waals surface area (Å²) in [4.78, 5) is 302. The van der Waals surface area contributed by atoms with Gasteiger partial charge >= 0.3 is 81.2 Å². The van der Waals surface area contributed by atoms with E-state index in [2.05, 4.69) is 73.8 Å². The number of esters is 4. The molecule has 138 heavy (non-hydrogen) atoms. The first kappa shape index (κ1) is 113. The van der Waals surface area contributed by atoms with Gasteiger partial charge in [0.15, 0.2) is 5.78 Å². The molecule has 4 aromatic rings. The van der Waals surface area contributed by atoms with Crippen LogP contribution in [-0.2, 0) is 137 Å². The zero-order valence-corrected chi connectivity index (χ0v) is 82.8. The van der Waals surface area contributed by atoms with Crippen molar-refractivity contribution < 1.29 is 193 Å². The third-order valence-electron chi connectivity index (χ3n) is 23.7. The first-order chi connectivity index (χ1) is 64.7. The number of nitrogens with one attached hydrogen (secondary N) is 14. The van der Waals surface area contributed by atoms with Crippen LogP contribution in [-0.4, -0.2) is 320 Å². The molecule has 8 unspecified atom stereocenters. The van der Waals surface area contributed by atoms with E-state index in [0.29, 0.717) is 55.8 Å². The SMILES string of the molecule is CC[C@H](C)[C@@H]1NC(=O)CNC(=O)C(N)Cc2c([nH]c3ccccc23)SCC(C(=O)NC(CC(N)=O)C(=O)N2CC(O)C[C@H]2C(=O)N[C@H](C(=O)O)[C@@H](C)[C@H](COC(C)=O)OC(C)=O)NC(=O)CNC1=O.CC[C@H](C)[C@@H]1NC(=O)CNC(=O)C2CC(=O)[C@H]([C@@H](C)[C@H](COC(C)=O)OC(C)=O)NC(=O)[C@@H]3CC(O)CN3C(=O)C(CC(N)=O)NC(=O)C(CSc3[nH]c4ccccc4c3C2)NC(=O)CNC1=O.[H-].[K+]. The van der Waals surface area contributed by atoms with Gasteiger partial charge in [-0.25, -0.2) is 4.79 Å². The number of Topliss-reactive ketones (excluding diaryl/α,β-unsaturated/α-hetero) is 1. The van der Waals surface area contributed by atoms with E-state index >= 15 is 0 Å². The fourth-order valence-corrected chi connectivity index (χ4v) is 18.3. The Kier molecular flexibility index (Phi) is 43.4. The van der Waals surface area contributed by atoms with Gasteiger partial charge in [-0.2, -0.15) is 0 Å². The van der Waals surface area contributed by atoms with E-state index in [0.717, 1.165) is 61.0 Å².